The number of aromatic nitrogens is 5. The topological polar surface area (TPSA) is 97.1 Å². The fourth-order valence-electron chi connectivity index (χ4n) is 4.49. The number of pyridine rings is 1. The van der Waals surface area contributed by atoms with Crippen LogP contribution in [-0.2, 0) is 16.6 Å². The van der Waals surface area contributed by atoms with E-state index in [1.807, 2.05) is 12.1 Å². The second-order valence-corrected chi connectivity index (χ2v) is 11.0. The molecule has 0 aliphatic carbocycles. The van der Waals surface area contributed by atoms with Gasteiger partial charge in [0.2, 0.25) is 10.0 Å². The van der Waals surface area contributed by atoms with E-state index >= 15 is 0 Å². The van der Waals surface area contributed by atoms with Crippen molar-refractivity contribution >= 4 is 43.9 Å². The molecule has 0 spiro atoms. The standard InChI is InChI=1S/C24H23N7O2S2/c1-17-7-9-18(10-8-17)31-22(26-20-5-3-11-25-24(20)31)16-29-12-14-30(15-13-29)35(32,33)21-6-2-4-19-23(21)28-34-27-19/h2-11H,12-16H2,1H3. The fourth-order valence-corrected chi connectivity index (χ4v) is 6.66. The zero-order valence-corrected chi connectivity index (χ0v) is 20.7. The van der Waals surface area contributed by atoms with Gasteiger partial charge in [-0.1, -0.05) is 23.8 Å². The average Bonchev–Trinajstić information content (AvgIpc) is 3.49. The summed E-state index contributed by atoms with van der Waals surface area (Å²) in [4.78, 5) is 11.9. The molecule has 0 atom stereocenters. The van der Waals surface area contributed by atoms with Crippen LogP contribution >= 0.6 is 11.7 Å². The Morgan fingerprint density at radius 1 is 0.914 bits per heavy atom. The van der Waals surface area contributed by atoms with Gasteiger partial charge >= 0.3 is 0 Å². The summed E-state index contributed by atoms with van der Waals surface area (Å²) in [5.41, 5.74) is 4.91. The molecule has 4 heterocycles. The van der Waals surface area contributed by atoms with Crippen molar-refractivity contribution in [3.8, 4) is 5.69 Å². The summed E-state index contributed by atoms with van der Waals surface area (Å²) in [6.07, 6.45) is 1.78. The van der Waals surface area contributed by atoms with Crippen LogP contribution in [0.25, 0.3) is 27.9 Å². The summed E-state index contributed by atoms with van der Waals surface area (Å²) >= 11 is 1.03. The number of nitrogens with zero attached hydrogens (tertiary/aromatic N) is 7. The van der Waals surface area contributed by atoms with Crippen molar-refractivity contribution in [2.75, 3.05) is 26.2 Å². The minimum absolute atomic E-state index is 0.226. The SMILES string of the molecule is Cc1ccc(-n2c(CN3CCN(S(=O)(=O)c4cccc5nsnc45)CC3)nc3cccnc32)cc1. The summed E-state index contributed by atoms with van der Waals surface area (Å²) in [6, 6.07) is 17.3. The predicted octanol–water partition coefficient (Wildman–Crippen LogP) is 3.24. The summed E-state index contributed by atoms with van der Waals surface area (Å²) < 4.78 is 38.8. The van der Waals surface area contributed by atoms with E-state index in [-0.39, 0.29) is 4.90 Å². The smallest absolute Gasteiger partial charge is 0.245 e. The van der Waals surface area contributed by atoms with Crippen LogP contribution in [-0.4, -0.2) is 67.1 Å². The van der Waals surface area contributed by atoms with E-state index in [9.17, 15) is 8.42 Å². The van der Waals surface area contributed by atoms with Crippen LogP contribution in [0, 0.1) is 6.92 Å². The second kappa shape index (κ2) is 8.76. The van der Waals surface area contributed by atoms with Gasteiger partial charge in [-0.2, -0.15) is 13.1 Å². The van der Waals surface area contributed by atoms with Gasteiger partial charge in [0, 0.05) is 38.1 Å². The lowest BCUT2D eigenvalue weighted by molar-refractivity contribution is 0.177. The first kappa shape index (κ1) is 22.2. The molecule has 11 heteroatoms. The highest BCUT2D eigenvalue weighted by atomic mass is 32.2. The third-order valence-corrected chi connectivity index (χ3v) is 8.81. The fraction of sp³-hybridized carbons (Fsp3) is 0.250. The molecule has 3 aromatic heterocycles. The predicted molar refractivity (Wildman–Crippen MR) is 135 cm³/mol. The quantitative estimate of drug-likeness (QED) is 0.362. The molecule has 0 radical (unpaired) electrons. The van der Waals surface area contributed by atoms with E-state index in [0.29, 0.717) is 43.8 Å². The maximum atomic E-state index is 13.4. The van der Waals surface area contributed by atoms with Crippen LogP contribution in [0.1, 0.15) is 11.4 Å². The number of imidazole rings is 1. The van der Waals surface area contributed by atoms with Gasteiger partial charge in [-0.25, -0.2) is 18.4 Å². The third-order valence-electron chi connectivity index (χ3n) is 6.34. The van der Waals surface area contributed by atoms with Crippen LogP contribution in [0.3, 0.4) is 0 Å². The first-order valence-corrected chi connectivity index (χ1v) is 13.5. The number of sulfonamides is 1. The molecule has 1 aliphatic rings. The van der Waals surface area contributed by atoms with Gasteiger partial charge < -0.3 is 0 Å². The minimum atomic E-state index is -3.65. The summed E-state index contributed by atoms with van der Waals surface area (Å²) in [5, 5.41) is 0. The maximum absolute atomic E-state index is 13.4. The van der Waals surface area contributed by atoms with Gasteiger partial charge in [-0.05, 0) is 43.3 Å². The van der Waals surface area contributed by atoms with E-state index in [1.165, 1.54) is 5.56 Å². The van der Waals surface area contributed by atoms with Crippen molar-refractivity contribution in [2.45, 2.75) is 18.4 Å². The molecule has 6 rings (SSSR count). The Morgan fingerprint density at radius 2 is 1.69 bits per heavy atom. The molecule has 0 bridgehead atoms. The van der Waals surface area contributed by atoms with Crippen LogP contribution in [0.5, 0.6) is 0 Å². The van der Waals surface area contributed by atoms with Gasteiger partial charge in [0.25, 0.3) is 0 Å². The maximum Gasteiger partial charge on any atom is 0.245 e. The lowest BCUT2D eigenvalue weighted by Gasteiger charge is -2.33. The Hall–Kier alpha value is -3.25. The number of rotatable bonds is 5. The van der Waals surface area contributed by atoms with E-state index in [1.54, 1.807) is 28.7 Å². The van der Waals surface area contributed by atoms with Crippen molar-refractivity contribution < 1.29 is 8.42 Å². The van der Waals surface area contributed by atoms with Crippen LogP contribution in [0.2, 0.25) is 0 Å². The van der Waals surface area contributed by atoms with Gasteiger partial charge in [0.05, 0.1) is 18.3 Å². The molecule has 0 amide bonds. The summed E-state index contributed by atoms with van der Waals surface area (Å²) in [7, 11) is -3.65. The van der Waals surface area contributed by atoms with Crippen molar-refractivity contribution in [2.24, 2.45) is 0 Å². The molecule has 9 nitrogen and oxygen atoms in total. The lowest BCUT2D eigenvalue weighted by atomic mass is 10.2. The van der Waals surface area contributed by atoms with Crippen molar-refractivity contribution in [3.05, 3.63) is 72.2 Å². The van der Waals surface area contributed by atoms with Crippen LogP contribution in [0.4, 0.5) is 0 Å². The molecule has 178 valence electrons. The highest BCUT2D eigenvalue weighted by Crippen LogP contribution is 2.26. The first-order valence-electron chi connectivity index (χ1n) is 11.3. The van der Waals surface area contributed by atoms with Crippen molar-refractivity contribution in [1.82, 2.24) is 32.5 Å². The molecule has 1 fully saturated rings. The molecule has 0 unspecified atom stereocenters. The minimum Gasteiger partial charge on any atom is -0.293 e. The largest absolute Gasteiger partial charge is 0.293 e. The summed E-state index contributed by atoms with van der Waals surface area (Å²) in [6.45, 7) is 4.68. The van der Waals surface area contributed by atoms with Gasteiger partial charge in [-0.3, -0.25) is 9.47 Å². The molecular weight excluding hydrogens is 482 g/mol. The summed E-state index contributed by atoms with van der Waals surface area (Å²) in [5.74, 6) is 0.886. The molecule has 1 saturated heterocycles. The van der Waals surface area contributed by atoms with Crippen LogP contribution in [0.15, 0.2) is 65.7 Å². The Morgan fingerprint density at radius 3 is 2.49 bits per heavy atom. The normalized spacial score (nSPS) is 15.8. The molecule has 5 aromatic rings. The van der Waals surface area contributed by atoms with Crippen molar-refractivity contribution in [1.29, 1.82) is 0 Å². The highest BCUT2D eigenvalue weighted by Gasteiger charge is 2.31. The number of fused-ring (bicyclic) bond motifs is 2. The van der Waals surface area contributed by atoms with Gasteiger partial charge in [-0.15, -0.1) is 0 Å². The van der Waals surface area contributed by atoms with Gasteiger partial charge in [0.1, 0.15) is 27.3 Å². The van der Waals surface area contributed by atoms with Crippen molar-refractivity contribution in [3.63, 3.8) is 0 Å². The molecule has 2 aromatic carbocycles. The first-order chi connectivity index (χ1) is 17.0. The number of piperazine rings is 1. The molecule has 0 N–H and O–H groups in total. The third kappa shape index (κ3) is 4.00. The Kier molecular flexibility index (Phi) is 5.56. The van der Waals surface area contributed by atoms with E-state index in [2.05, 4.69) is 54.4 Å². The Balaban J connectivity index is 1.24. The van der Waals surface area contributed by atoms with Crippen LogP contribution < -0.4 is 0 Å². The zero-order valence-electron chi connectivity index (χ0n) is 19.1. The molecule has 35 heavy (non-hydrogen) atoms. The average molecular weight is 506 g/mol. The van der Waals surface area contributed by atoms with Gasteiger partial charge in [0.15, 0.2) is 5.65 Å². The molecule has 1 aliphatic heterocycles. The number of benzene rings is 2. The van der Waals surface area contributed by atoms with E-state index in [0.717, 1.165) is 34.4 Å². The lowest BCUT2D eigenvalue weighted by Crippen LogP contribution is -2.48. The zero-order chi connectivity index (χ0) is 24.0. The number of hydrogen-bond donors (Lipinski definition) is 0. The van der Waals surface area contributed by atoms with E-state index in [4.69, 9.17) is 4.98 Å². The highest BCUT2D eigenvalue weighted by molar-refractivity contribution is 7.89. The number of hydrogen-bond acceptors (Lipinski definition) is 8. The monoisotopic (exact) mass is 505 g/mol. The molecule has 0 saturated carbocycles. The molecular formula is C24H23N7O2S2. The van der Waals surface area contributed by atoms with E-state index < -0.39 is 10.0 Å². The number of aryl methyl sites for hydroxylation is 1. The Labute approximate surface area is 207 Å². The second-order valence-electron chi connectivity index (χ2n) is 8.61. The Bertz CT molecular complexity index is 1620.